The zero-order valence-electron chi connectivity index (χ0n) is 9.31. The molecule has 17 heavy (non-hydrogen) atoms. The lowest BCUT2D eigenvalue weighted by Crippen LogP contribution is -2.22. The van der Waals surface area contributed by atoms with E-state index in [1.807, 2.05) is 12.1 Å². The first-order valence-corrected chi connectivity index (χ1v) is 5.34. The van der Waals surface area contributed by atoms with Crippen molar-refractivity contribution < 1.29 is 4.79 Å². The molecule has 0 aliphatic rings. The Bertz CT molecular complexity index is 476. The predicted octanol–water partition coefficient (Wildman–Crippen LogP) is 0.798. The molecule has 0 atom stereocenters. The normalized spacial score (nSPS) is 10.2. The molecule has 2 aromatic rings. The second-order valence-corrected chi connectivity index (χ2v) is 3.69. The van der Waals surface area contributed by atoms with Crippen LogP contribution in [0.15, 0.2) is 36.7 Å². The summed E-state index contributed by atoms with van der Waals surface area (Å²) in [6.07, 6.45) is 3.43. The van der Waals surface area contributed by atoms with Crippen LogP contribution in [0.4, 0.5) is 0 Å². The summed E-state index contributed by atoms with van der Waals surface area (Å²) in [5, 5.41) is 9.31. The van der Waals surface area contributed by atoms with E-state index in [9.17, 15) is 4.79 Å². The Morgan fingerprint density at radius 1 is 1.29 bits per heavy atom. The number of carbonyl (C=O) groups is 1. The van der Waals surface area contributed by atoms with E-state index in [0.717, 1.165) is 11.1 Å². The molecule has 1 aromatic carbocycles. The molecule has 0 fully saturated rings. The molecule has 5 nitrogen and oxygen atoms in total. The fourth-order valence-electron chi connectivity index (χ4n) is 1.45. The molecule has 88 valence electrons. The Balaban J connectivity index is 1.95. The van der Waals surface area contributed by atoms with Gasteiger partial charge in [-0.2, -0.15) is 5.10 Å². The molecule has 4 N–H and O–H groups in total. The van der Waals surface area contributed by atoms with E-state index in [1.54, 1.807) is 24.5 Å². The average Bonchev–Trinajstić information content (AvgIpc) is 2.89. The quantitative estimate of drug-likeness (QED) is 0.726. The Labute approximate surface area is 99.0 Å². The van der Waals surface area contributed by atoms with Crippen LogP contribution in [0.5, 0.6) is 0 Å². The van der Waals surface area contributed by atoms with Crippen LogP contribution < -0.4 is 11.1 Å². The van der Waals surface area contributed by atoms with Crippen molar-refractivity contribution in [2.75, 3.05) is 0 Å². The van der Waals surface area contributed by atoms with Crippen molar-refractivity contribution >= 4 is 5.91 Å². The number of nitrogens with zero attached hydrogens (tertiary/aromatic N) is 1. The maximum Gasteiger partial charge on any atom is 0.251 e. The van der Waals surface area contributed by atoms with E-state index in [1.165, 1.54) is 0 Å². The molecular weight excluding hydrogens is 216 g/mol. The minimum Gasteiger partial charge on any atom is -0.348 e. The highest BCUT2D eigenvalue weighted by Gasteiger charge is 2.04. The van der Waals surface area contributed by atoms with Crippen molar-refractivity contribution in [2.24, 2.45) is 5.73 Å². The zero-order chi connectivity index (χ0) is 12.1. The second-order valence-electron chi connectivity index (χ2n) is 3.69. The van der Waals surface area contributed by atoms with Crippen LogP contribution in [0.25, 0.3) is 0 Å². The number of hydrogen-bond acceptors (Lipinski definition) is 3. The molecule has 1 amide bonds. The number of aromatic amines is 1. The van der Waals surface area contributed by atoms with Crippen molar-refractivity contribution in [3.63, 3.8) is 0 Å². The van der Waals surface area contributed by atoms with Gasteiger partial charge in [0.1, 0.15) is 0 Å². The van der Waals surface area contributed by atoms with Crippen LogP contribution in [0, 0.1) is 0 Å². The Hall–Kier alpha value is -2.14. The fourth-order valence-corrected chi connectivity index (χ4v) is 1.45. The molecule has 0 radical (unpaired) electrons. The van der Waals surface area contributed by atoms with Crippen LogP contribution in [-0.2, 0) is 13.1 Å². The van der Waals surface area contributed by atoms with Crippen LogP contribution >= 0.6 is 0 Å². The average molecular weight is 230 g/mol. The number of benzene rings is 1. The summed E-state index contributed by atoms with van der Waals surface area (Å²) in [4.78, 5) is 11.8. The highest BCUT2D eigenvalue weighted by molar-refractivity contribution is 5.94. The van der Waals surface area contributed by atoms with Gasteiger partial charge in [0.2, 0.25) is 0 Å². The Kier molecular flexibility index (Phi) is 3.52. The minimum absolute atomic E-state index is 0.102. The molecule has 1 aromatic heterocycles. The van der Waals surface area contributed by atoms with E-state index >= 15 is 0 Å². The number of amides is 1. The zero-order valence-corrected chi connectivity index (χ0v) is 9.31. The number of aromatic nitrogens is 2. The first kappa shape index (κ1) is 11.3. The first-order valence-electron chi connectivity index (χ1n) is 5.34. The van der Waals surface area contributed by atoms with E-state index in [0.29, 0.717) is 18.7 Å². The molecule has 0 aliphatic carbocycles. The van der Waals surface area contributed by atoms with Gasteiger partial charge in [0, 0.05) is 30.4 Å². The van der Waals surface area contributed by atoms with E-state index in [4.69, 9.17) is 5.73 Å². The van der Waals surface area contributed by atoms with Gasteiger partial charge >= 0.3 is 0 Å². The van der Waals surface area contributed by atoms with Crippen LogP contribution in [0.2, 0.25) is 0 Å². The smallest absolute Gasteiger partial charge is 0.251 e. The molecule has 0 spiro atoms. The number of carbonyl (C=O) groups excluding carboxylic acids is 1. The third-order valence-electron chi connectivity index (χ3n) is 2.46. The maximum absolute atomic E-state index is 11.8. The number of rotatable bonds is 4. The standard InChI is InChI=1S/C12H14N4O/c13-5-9-1-3-11(4-2-9)12(17)14-6-10-7-15-16-8-10/h1-4,7-8H,5-6,13H2,(H,14,17)(H,15,16). The Morgan fingerprint density at radius 2 is 2.06 bits per heavy atom. The van der Waals surface area contributed by atoms with Gasteiger partial charge in [-0.3, -0.25) is 9.89 Å². The third kappa shape index (κ3) is 2.92. The summed E-state index contributed by atoms with van der Waals surface area (Å²) in [6.45, 7) is 0.949. The van der Waals surface area contributed by atoms with E-state index in [-0.39, 0.29) is 5.91 Å². The lowest BCUT2D eigenvalue weighted by Gasteiger charge is -2.04. The minimum atomic E-state index is -0.102. The van der Waals surface area contributed by atoms with Crippen LogP contribution in [0.3, 0.4) is 0 Å². The van der Waals surface area contributed by atoms with Crippen LogP contribution in [-0.4, -0.2) is 16.1 Å². The summed E-state index contributed by atoms with van der Waals surface area (Å²) in [5.74, 6) is -0.102. The topological polar surface area (TPSA) is 83.8 Å². The summed E-state index contributed by atoms with van der Waals surface area (Å²) in [5.41, 5.74) is 8.07. The SMILES string of the molecule is NCc1ccc(C(=O)NCc2cn[nH]c2)cc1. The molecule has 0 aliphatic heterocycles. The maximum atomic E-state index is 11.8. The first-order chi connectivity index (χ1) is 8.29. The number of nitrogens with one attached hydrogen (secondary N) is 2. The fraction of sp³-hybridized carbons (Fsp3) is 0.167. The number of nitrogens with two attached hydrogens (primary N) is 1. The second kappa shape index (κ2) is 5.27. The summed E-state index contributed by atoms with van der Waals surface area (Å²) >= 11 is 0. The molecule has 0 saturated heterocycles. The molecule has 5 heteroatoms. The highest BCUT2D eigenvalue weighted by Crippen LogP contribution is 2.04. The van der Waals surface area contributed by atoms with Gasteiger partial charge < -0.3 is 11.1 Å². The van der Waals surface area contributed by atoms with Crippen molar-refractivity contribution in [2.45, 2.75) is 13.1 Å². The molecule has 1 heterocycles. The molecule has 0 saturated carbocycles. The van der Waals surface area contributed by atoms with E-state index < -0.39 is 0 Å². The Morgan fingerprint density at radius 3 is 2.65 bits per heavy atom. The van der Waals surface area contributed by atoms with Gasteiger partial charge in [0.15, 0.2) is 0 Å². The summed E-state index contributed by atoms with van der Waals surface area (Å²) in [6, 6.07) is 7.25. The summed E-state index contributed by atoms with van der Waals surface area (Å²) < 4.78 is 0. The lowest BCUT2D eigenvalue weighted by atomic mass is 10.1. The van der Waals surface area contributed by atoms with Crippen LogP contribution in [0.1, 0.15) is 21.5 Å². The molecular formula is C12H14N4O. The van der Waals surface area contributed by atoms with Gasteiger partial charge in [-0.25, -0.2) is 0 Å². The largest absolute Gasteiger partial charge is 0.348 e. The number of H-pyrrole nitrogens is 1. The third-order valence-corrected chi connectivity index (χ3v) is 2.46. The monoisotopic (exact) mass is 230 g/mol. The van der Waals surface area contributed by atoms with Gasteiger partial charge in [-0.1, -0.05) is 12.1 Å². The van der Waals surface area contributed by atoms with E-state index in [2.05, 4.69) is 15.5 Å². The molecule has 0 bridgehead atoms. The molecule has 2 rings (SSSR count). The van der Waals surface area contributed by atoms with Gasteiger partial charge in [0.25, 0.3) is 5.91 Å². The van der Waals surface area contributed by atoms with Crippen molar-refractivity contribution in [3.8, 4) is 0 Å². The number of hydrogen-bond donors (Lipinski definition) is 3. The highest BCUT2D eigenvalue weighted by atomic mass is 16.1. The lowest BCUT2D eigenvalue weighted by molar-refractivity contribution is 0.0951. The van der Waals surface area contributed by atoms with Crippen molar-refractivity contribution in [3.05, 3.63) is 53.3 Å². The summed E-state index contributed by atoms with van der Waals surface area (Å²) in [7, 11) is 0. The van der Waals surface area contributed by atoms with Crippen molar-refractivity contribution in [1.29, 1.82) is 0 Å². The predicted molar refractivity (Wildman–Crippen MR) is 64.1 cm³/mol. The van der Waals surface area contributed by atoms with Crippen molar-refractivity contribution in [1.82, 2.24) is 15.5 Å². The van der Waals surface area contributed by atoms with Gasteiger partial charge in [-0.15, -0.1) is 0 Å². The molecule has 0 unspecified atom stereocenters. The van der Waals surface area contributed by atoms with Gasteiger partial charge in [0.05, 0.1) is 6.20 Å². The van der Waals surface area contributed by atoms with Gasteiger partial charge in [-0.05, 0) is 17.7 Å².